The summed E-state index contributed by atoms with van der Waals surface area (Å²) in [5, 5.41) is 11.1. The van der Waals surface area contributed by atoms with E-state index in [1.165, 1.54) is 17.0 Å². The molecule has 180 valence electrons. The Balaban J connectivity index is 1.86. The van der Waals surface area contributed by atoms with Gasteiger partial charge in [-0.2, -0.15) is 4.72 Å². The molecule has 1 saturated heterocycles. The van der Waals surface area contributed by atoms with Crippen LogP contribution in [-0.2, 0) is 21.4 Å². The van der Waals surface area contributed by atoms with Crippen molar-refractivity contribution in [1.29, 1.82) is 0 Å². The van der Waals surface area contributed by atoms with Gasteiger partial charge in [-0.25, -0.2) is 13.0 Å². The molecule has 1 amide bonds. The van der Waals surface area contributed by atoms with Crippen molar-refractivity contribution >= 4 is 50.8 Å². The van der Waals surface area contributed by atoms with Crippen molar-refractivity contribution < 1.29 is 18.1 Å². The fourth-order valence-corrected chi connectivity index (χ4v) is 5.46. The lowest BCUT2D eigenvalue weighted by molar-refractivity contribution is -0.396. The summed E-state index contributed by atoms with van der Waals surface area (Å²) in [6.45, 7) is 3.10. The number of carbonyl (C=O) groups excluding carboxylic acids is 1. The summed E-state index contributed by atoms with van der Waals surface area (Å²) in [6, 6.07) is 1.13. The molecule has 1 fully saturated rings. The molecule has 1 aromatic heterocycles. The predicted octanol–water partition coefficient (Wildman–Crippen LogP) is 2.68. The number of anilines is 1. The van der Waals surface area contributed by atoms with Crippen molar-refractivity contribution in [2.75, 3.05) is 18.8 Å². The Morgan fingerprint density at radius 3 is 2.52 bits per heavy atom. The number of likely N-dealkylation sites (tertiary alicyclic amines) is 1. The van der Waals surface area contributed by atoms with E-state index in [1.807, 2.05) is 0 Å². The molecular formula is C19H24Cl2N6O5S. The molecule has 0 radical (unpaired) electrons. The molecule has 0 unspecified atom stereocenters. The monoisotopic (exact) mass is 518 g/mol. The van der Waals surface area contributed by atoms with E-state index in [9.17, 15) is 23.3 Å². The number of amides is 1. The zero-order valence-electron chi connectivity index (χ0n) is 17.8. The minimum Gasteiger partial charge on any atom is -0.396 e. The van der Waals surface area contributed by atoms with Crippen LogP contribution >= 0.6 is 23.2 Å². The van der Waals surface area contributed by atoms with Gasteiger partial charge >= 0.3 is 5.95 Å². The molecule has 1 aliphatic heterocycles. The summed E-state index contributed by atoms with van der Waals surface area (Å²) >= 11 is 12.0. The van der Waals surface area contributed by atoms with E-state index in [0.29, 0.717) is 19.0 Å². The fraction of sp³-hybridized carbons (Fsp3) is 0.474. The van der Waals surface area contributed by atoms with Gasteiger partial charge in [-0.3, -0.25) is 4.79 Å². The molecule has 33 heavy (non-hydrogen) atoms. The van der Waals surface area contributed by atoms with E-state index < -0.39 is 32.8 Å². The number of nitrogen functional groups attached to an aromatic ring is 1. The highest BCUT2D eigenvalue weighted by atomic mass is 35.5. The largest absolute Gasteiger partial charge is 0.434 e. The van der Waals surface area contributed by atoms with E-state index in [0.717, 1.165) is 25.0 Å². The molecule has 0 saturated carbocycles. The predicted molar refractivity (Wildman–Crippen MR) is 123 cm³/mol. The third-order valence-corrected chi connectivity index (χ3v) is 7.65. The first-order valence-electron chi connectivity index (χ1n) is 10.2. The maximum Gasteiger partial charge on any atom is 0.434 e. The summed E-state index contributed by atoms with van der Waals surface area (Å²) in [5.74, 6) is -0.328. The van der Waals surface area contributed by atoms with E-state index in [4.69, 9.17) is 28.9 Å². The van der Waals surface area contributed by atoms with Crippen molar-refractivity contribution in [1.82, 2.24) is 19.2 Å². The minimum atomic E-state index is -4.21. The standard InChI is InChI=1S/C19H24Cl2N6O5S/c1-12-2-6-25(7-3-12)18(28)16(4-8-26-9-5-23-19(26)27(29)30)24-33(31,32)13-10-14(20)17(22)15(21)11-13/h5,9-12,16,24H,2-4,6-8,22H2,1H3/t16-/m0/s1. The Morgan fingerprint density at radius 2 is 1.94 bits per heavy atom. The number of benzene rings is 1. The Morgan fingerprint density at radius 1 is 1.33 bits per heavy atom. The Bertz CT molecular complexity index is 1120. The van der Waals surface area contributed by atoms with Gasteiger partial charge in [0, 0.05) is 19.5 Å². The molecule has 0 spiro atoms. The first-order valence-corrected chi connectivity index (χ1v) is 12.4. The van der Waals surface area contributed by atoms with E-state index in [-0.39, 0.29) is 33.6 Å². The Kier molecular flexibility index (Phi) is 7.83. The molecule has 1 atom stereocenters. The molecule has 2 aromatic rings. The SMILES string of the molecule is CC1CCN(C(=O)[C@H](CCn2ccnc2[N+](=O)[O-])NS(=O)(=O)c2cc(Cl)c(N)c(Cl)c2)CC1. The quantitative estimate of drug-likeness (QED) is 0.309. The molecular weight excluding hydrogens is 495 g/mol. The first kappa shape index (κ1) is 25.2. The fourth-order valence-electron chi connectivity index (χ4n) is 3.57. The van der Waals surface area contributed by atoms with Crippen LogP contribution in [-0.4, -0.2) is 52.8 Å². The number of halogens is 2. The number of carbonyl (C=O) groups is 1. The van der Waals surface area contributed by atoms with E-state index in [2.05, 4.69) is 16.6 Å². The molecule has 3 rings (SSSR count). The molecule has 1 aromatic carbocycles. The second kappa shape index (κ2) is 10.2. The van der Waals surface area contributed by atoms with Gasteiger partial charge in [-0.05, 0) is 35.8 Å². The number of nitro groups is 1. The number of hydrogen-bond acceptors (Lipinski definition) is 7. The highest BCUT2D eigenvalue weighted by molar-refractivity contribution is 7.89. The lowest BCUT2D eigenvalue weighted by Gasteiger charge is -2.33. The topological polar surface area (TPSA) is 153 Å². The van der Waals surface area contributed by atoms with Crippen molar-refractivity contribution in [3.8, 4) is 0 Å². The van der Waals surface area contributed by atoms with Crippen molar-refractivity contribution in [2.45, 2.75) is 43.7 Å². The van der Waals surface area contributed by atoms with Crippen LogP contribution < -0.4 is 10.5 Å². The smallest absolute Gasteiger partial charge is 0.396 e. The third kappa shape index (κ3) is 5.94. The maximum atomic E-state index is 13.2. The van der Waals surface area contributed by atoms with E-state index in [1.54, 1.807) is 4.90 Å². The van der Waals surface area contributed by atoms with Crippen molar-refractivity contribution in [3.63, 3.8) is 0 Å². The highest BCUT2D eigenvalue weighted by Crippen LogP contribution is 2.31. The zero-order chi connectivity index (χ0) is 24.3. The van der Waals surface area contributed by atoms with Gasteiger partial charge in [0.25, 0.3) is 0 Å². The Labute approximate surface area is 201 Å². The van der Waals surface area contributed by atoms with Gasteiger partial charge in [0.1, 0.15) is 18.4 Å². The van der Waals surface area contributed by atoms with Crippen LogP contribution in [0.15, 0.2) is 29.4 Å². The van der Waals surface area contributed by atoms with E-state index >= 15 is 0 Å². The average molecular weight is 519 g/mol. The summed E-state index contributed by atoms with van der Waals surface area (Å²) in [4.78, 5) is 28.8. The average Bonchev–Trinajstić information content (AvgIpc) is 3.23. The number of sulfonamides is 1. The van der Waals surface area contributed by atoms with Crippen LogP contribution in [0, 0.1) is 16.0 Å². The van der Waals surface area contributed by atoms with Crippen molar-refractivity contribution in [2.24, 2.45) is 5.92 Å². The van der Waals surface area contributed by atoms with Gasteiger partial charge in [0.05, 0.1) is 27.2 Å². The molecule has 1 aliphatic rings. The number of aryl methyl sites for hydroxylation is 1. The number of piperidine rings is 1. The second-order valence-corrected chi connectivity index (χ2v) is 10.5. The summed E-state index contributed by atoms with van der Waals surface area (Å²) < 4.78 is 29.8. The molecule has 2 heterocycles. The molecule has 0 bridgehead atoms. The lowest BCUT2D eigenvalue weighted by Crippen LogP contribution is -2.50. The van der Waals surface area contributed by atoms with Crippen LogP contribution in [0.3, 0.4) is 0 Å². The van der Waals surface area contributed by atoms with Gasteiger partial charge in [0.15, 0.2) is 0 Å². The number of rotatable bonds is 8. The number of nitrogens with zero attached hydrogens (tertiary/aromatic N) is 4. The summed E-state index contributed by atoms with van der Waals surface area (Å²) in [7, 11) is -4.21. The minimum absolute atomic E-state index is 0.00271. The third-order valence-electron chi connectivity index (χ3n) is 5.57. The zero-order valence-corrected chi connectivity index (χ0v) is 20.1. The van der Waals surface area contributed by atoms with Crippen LogP contribution in [0.25, 0.3) is 0 Å². The lowest BCUT2D eigenvalue weighted by atomic mass is 9.98. The maximum absolute atomic E-state index is 13.2. The van der Waals surface area contributed by atoms with Gasteiger partial charge in [0.2, 0.25) is 15.9 Å². The first-order chi connectivity index (χ1) is 15.5. The summed E-state index contributed by atoms with van der Waals surface area (Å²) in [6.07, 6.45) is 4.25. The highest BCUT2D eigenvalue weighted by Gasteiger charge is 2.32. The number of aromatic nitrogens is 2. The van der Waals surface area contributed by atoms with Gasteiger partial charge in [-0.15, -0.1) is 0 Å². The van der Waals surface area contributed by atoms with Crippen LogP contribution in [0.1, 0.15) is 26.2 Å². The molecule has 14 heteroatoms. The molecule has 11 nitrogen and oxygen atoms in total. The van der Waals surface area contributed by atoms with Crippen LogP contribution in [0.2, 0.25) is 10.0 Å². The number of hydrogen-bond donors (Lipinski definition) is 2. The second-order valence-electron chi connectivity index (χ2n) is 7.95. The van der Waals surface area contributed by atoms with Gasteiger partial charge in [-0.1, -0.05) is 35.1 Å². The number of imidazole rings is 1. The molecule has 0 aliphatic carbocycles. The van der Waals surface area contributed by atoms with Crippen LogP contribution in [0.5, 0.6) is 0 Å². The van der Waals surface area contributed by atoms with Crippen molar-refractivity contribution in [3.05, 3.63) is 44.7 Å². The van der Waals surface area contributed by atoms with Gasteiger partial charge < -0.3 is 20.7 Å². The molecule has 3 N–H and O–H groups in total. The number of nitrogens with two attached hydrogens (primary N) is 1. The van der Waals surface area contributed by atoms with Crippen LogP contribution in [0.4, 0.5) is 11.6 Å². The summed E-state index contributed by atoms with van der Waals surface area (Å²) in [5.41, 5.74) is 5.73. The normalized spacial score (nSPS) is 16.0. The number of nitrogens with one attached hydrogen (secondary N) is 1. The Hall–Kier alpha value is -2.41.